The summed E-state index contributed by atoms with van der Waals surface area (Å²) in [7, 11) is 2.27. The van der Waals surface area contributed by atoms with Crippen LogP contribution < -0.4 is 5.73 Å². The molecule has 2 N–H and O–H groups in total. The monoisotopic (exact) mass is 182 g/mol. The molecule has 1 aliphatic carbocycles. The van der Waals surface area contributed by atoms with Gasteiger partial charge in [0, 0.05) is 6.04 Å². The summed E-state index contributed by atoms with van der Waals surface area (Å²) < 4.78 is 0. The Morgan fingerprint density at radius 3 is 2.62 bits per heavy atom. The maximum Gasteiger partial charge on any atom is 0.0135 e. The molecule has 2 rings (SSSR count). The minimum atomic E-state index is 0.797. The zero-order chi connectivity index (χ0) is 9.26. The smallest absolute Gasteiger partial charge is 0.0135 e. The highest BCUT2D eigenvalue weighted by Crippen LogP contribution is 2.40. The second-order valence-corrected chi connectivity index (χ2v) is 4.78. The Labute approximate surface area is 81.5 Å². The molecule has 0 aromatic heterocycles. The number of piperidine rings is 1. The molecule has 0 bridgehead atoms. The summed E-state index contributed by atoms with van der Waals surface area (Å²) in [6.07, 6.45) is 7.06. The molecule has 0 spiro atoms. The molecule has 0 aromatic carbocycles. The summed E-state index contributed by atoms with van der Waals surface area (Å²) in [5, 5.41) is 0. The molecular weight excluding hydrogens is 160 g/mol. The van der Waals surface area contributed by atoms with E-state index < -0.39 is 0 Å². The van der Waals surface area contributed by atoms with Crippen LogP contribution in [0.4, 0.5) is 0 Å². The molecule has 1 saturated carbocycles. The van der Waals surface area contributed by atoms with E-state index in [1.807, 2.05) is 0 Å². The van der Waals surface area contributed by atoms with Crippen molar-refractivity contribution in [1.82, 2.24) is 4.90 Å². The predicted octanol–water partition coefficient (Wildman–Crippen LogP) is 1.46. The lowest BCUT2D eigenvalue weighted by atomic mass is 9.87. The van der Waals surface area contributed by atoms with Crippen molar-refractivity contribution < 1.29 is 0 Å². The maximum atomic E-state index is 5.88. The van der Waals surface area contributed by atoms with Crippen molar-refractivity contribution in [3.05, 3.63) is 0 Å². The molecule has 2 aliphatic rings. The lowest BCUT2D eigenvalue weighted by Gasteiger charge is -2.38. The van der Waals surface area contributed by atoms with Gasteiger partial charge in [0.05, 0.1) is 0 Å². The fourth-order valence-corrected chi connectivity index (χ4v) is 2.83. The van der Waals surface area contributed by atoms with Crippen molar-refractivity contribution in [2.45, 2.75) is 38.1 Å². The van der Waals surface area contributed by atoms with Crippen molar-refractivity contribution in [3.63, 3.8) is 0 Å². The van der Waals surface area contributed by atoms with Crippen LogP contribution in [0.1, 0.15) is 32.1 Å². The van der Waals surface area contributed by atoms with Crippen LogP contribution in [-0.4, -0.2) is 31.1 Å². The van der Waals surface area contributed by atoms with Crippen LogP contribution in [0.2, 0.25) is 0 Å². The third kappa shape index (κ3) is 2.05. The average molecular weight is 182 g/mol. The Morgan fingerprint density at radius 1 is 1.31 bits per heavy atom. The Balaban J connectivity index is 1.94. The summed E-state index contributed by atoms with van der Waals surface area (Å²) in [6, 6.07) is 0.797. The Hall–Kier alpha value is -0.0800. The number of hydrogen-bond acceptors (Lipinski definition) is 2. The molecule has 13 heavy (non-hydrogen) atoms. The van der Waals surface area contributed by atoms with Gasteiger partial charge >= 0.3 is 0 Å². The molecule has 0 aromatic rings. The minimum absolute atomic E-state index is 0.797. The van der Waals surface area contributed by atoms with E-state index in [1.54, 1.807) is 0 Å². The van der Waals surface area contributed by atoms with Crippen molar-refractivity contribution in [2.75, 3.05) is 20.1 Å². The number of nitrogens with two attached hydrogens (primary N) is 1. The molecule has 2 unspecified atom stereocenters. The third-order valence-electron chi connectivity index (χ3n) is 3.82. The third-order valence-corrected chi connectivity index (χ3v) is 3.82. The van der Waals surface area contributed by atoms with Crippen molar-refractivity contribution in [2.24, 2.45) is 17.6 Å². The zero-order valence-electron chi connectivity index (χ0n) is 8.71. The van der Waals surface area contributed by atoms with Gasteiger partial charge in [0.15, 0.2) is 0 Å². The summed E-state index contributed by atoms with van der Waals surface area (Å²) in [5.41, 5.74) is 5.88. The highest BCUT2D eigenvalue weighted by Gasteiger charge is 2.37. The van der Waals surface area contributed by atoms with Gasteiger partial charge in [-0.1, -0.05) is 6.42 Å². The molecule has 1 heterocycles. The second kappa shape index (κ2) is 3.97. The SMILES string of the molecule is CN1CCCCC1C(CN)C1CC1. The first kappa shape index (κ1) is 9.47. The Kier molecular flexibility index (Phi) is 2.89. The van der Waals surface area contributed by atoms with Crippen molar-refractivity contribution >= 4 is 0 Å². The van der Waals surface area contributed by atoms with Gasteiger partial charge in [-0.15, -0.1) is 0 Å². The standard InChI is InChI=1S/C11H22N2/c1-13-7-3-2-4-11(13)10(8-12)9-5-6-9/h9-11H,2-8,12H2,1H3. The molecule has 2 nitrogen and oxygen atoms in total. The van der Waals surface area contributed by atoms with Crippen LogP contribution in [-0.2, 0) is 0 Å². The Morgan fingerprint density at radius 2 is 2.08 bits per heavy atom. The molecule has 0 amide bonds. The fraction of sp³-hybridized carbons (Fsp3) is 1.00. The second-order valence-electron chi connectivity index (χ2n) is 4.78. The molecule has 2 fully saturated rings. The van der Waals surface area contributed by atoms with Gasteiger partial charge < -0.3 is 10.6 Å². The lowest BCUT2D eigenvalue weighted by molar-refractivity contribution is 0.120. The van der Waals surface area contributed by atoms with Crippen molar-refractivity contribution in [1.29, 1.82) is 0 Å². The van der Waals surface area contributed by atoms with E-state index in [4.69, 9.17) is 5.73 Å². The number of likely N-dealkylation sites (tertiary alicyclic amines) is 1. The molecule has 1 saturated heterocycles. The van der Waals surface area contributed by atoms with Gasteiger partial charge in [-0.05, 0) is 57.7 Å². The Bertz CT molecular complexity index is 165. The summed E-state index contributed by atoms with van der Waals surface area (Å²) in [6.45, 7) is 2.19. The van der Waals surface area contributed by atoms with E-state index in [-0.39, 0.29) is 0 Å². The molecule has 2 atom stereocenters. The number of nitrogens with zero attached hydrogens (tertiary/aromatic N) is 1. The van der Waals surface area contributed by atoms with Crippen LogP contribution in [0.5, 0.6) is 0 Å². The van der Waals surface area contributed by atoms with Gasteiger partial charge in [0.1, 0.15) is 0 Å². The number of hydrogen-bond donors (Lipinski definition) is 1. The maximum absolute atomic E-state index is 5.88. The first-order valence-corrected chi connectivity index (χ1v) is 5.73. The van der Waals surface area contributed by atoms with Crippen LogP contribution in [0.3, 0.4) is 0 Å². The van der Waals surface area contributed by atoms with Crippen LogP contribution in [0.15, 0.2) is 0 Å². The van der Waals surface area contributed by atoms with Gasteiger partial charge in [-0.3, -0.25) is 0 Å². The van der Waals surface area contributed by atoms with E-state index in [1.165, 1.54) is 38.6 Å². The first-order chi connectivity index (χ1) is 6.33. The quantitative estimate of drug-likeness (QED) is 0.716. The highest BCUT2D eigenvalue weighted by atomic mass is 15.1. The molecule has 1 aliphatic heterocycles. The molecular formula is C11H22N2. The summed E-state index contributed by atoms with van der Waals surface area (Å²) >= 11 is 0. The minimum Gasteiger partial charge on any atom is -0.330 e. The zero-order valence-corrected chi connectivity index (χ0v) is 8.71. The van der Waals surface area contributed by atoms with Crippen LogP contribution in [0, 0.1) is 11.8 Å². The van der Waals surface area contributed by atoms with Crippen LogP contribution in [0.25, 0.3) is 0 Å². The van der Waals surface area contributed by atoms with E-state index in [9.17, 15) is 0 Å². The topological polar surface area (TPSA) is 29.3 Å². The predicted molar refractivity (Wildman–Crippen MR) is 55.5 cm³/mol. The van der Waals surface area contributed by atoms with Crippen molar-refractivity contribution in [3.8, 4) is 0 Å². The largest absolute Gasteiger partial charge is 0.330 e. The molecule has 76 valence electrons. The van der Waals surface area contributed by atoms with Crippen LogP contribution >= 0.6 is 0 Å². The van der Waals surface area contributed by atoms with Gasteiger partial charge in [0.2, 0.25) is 0 Å². The van der Waals surface area contributed by atoms with E-state index in [2.05, 4.69) is 11.9 Å². The highest BCUT2D eigenvalue weighted by molar-refractivity contribution is 4.91. The van der Waals surface area contributed by atoms with E-state index >= 15 is 0 Å². The first-order valence-electron chi connectivity index (χ1n) is 5.73. The normalized spacial score (nSPS) is 33.2. The average Bonchev–Trinajstić information content (AvgIpc) is 2.93. The summed E-state index contributed by atoms with van der Waals surface area (Å²) in [5.74, 6) is 1.76. The molecule has 2 heteroatoms. The van der Waals surface area contributed by atoms with E-state index in [0.29, 0.717) is 0 Å². The molecule has 0 radical (unpaired) electrons. The fourth-order valence-electron chi connectivity index (χ4n) is 2.83. The van der Waals surface area contributed by atoms with Gasteiger partial charge in [-0.25, -0.2) is 0 Å². The van der Waals surface area contributed by atoms with E-state index in [0.717, 1.165) is 24.4 Å². The number of rotatable bonds is 3. The summed E-state index contributed by atoms with van der Waals surface area (Å²) in [4.78, 5) is 2.54. The lowest BCUT2D eigenvalue weighted by Crippen LogP contribution is -2.44. The van der Waals surface area contributed by atoms with Gasteiger partial charge in [0.25, 0.3) is 0 Å². The van der Waals surface area contributed by atoms with Gasteiger partial charge in [-0.2, -0.15) is 0 Å².